The molecule has 15 atom stereocenters. The number of nitrogens with one attached hydrogen (secondary N) is 2. The lowest BCUT2D eigenvalue weighted by Crippen LogP contribution is -2.56. The number of aromatic nitrogens is 2. The average Bonchev–Trinajstić information content (AvgIpc) is 1.54. The van der Waals surface area contributed by atoms with Gasteiger partial charge in [-0.25, -0.2) is 9.55 Å². The van der Waals surface area contributed by atoms with Crippen LogP contribution in [0.4, 0.5) is 0 Å². The number of aliphatic hydroxyl groups is 2. The van der Waals surface area contributed by atoms with E-state index in [2.05, 4.69) is 15.6 Å². The Morgan fingerprint density at radius 3 is 2.04 bits per heavy atom. The number of aromatic hydroxyl groups is 1. The zero-order chi connectivity index (χ0) is 65.8. The number of aliphatic hydroxyl groups excluding tert-OH is 2. The smallest absolute Gasteiger partial charge is 0.472 e. The number of phenols is 1. The van der Waals surface area contributed by atoms with Gasteiger partial charge in [0.2, 0.25) is 41.4 Å². The number of primary amides is 6. The van der Waals surface area contributed by atoms with E-state index in [0.29, 0.717) is 56.4 Å². The van der Waals surface area contributed by atoms with E-state index in [9.17, 15) is 58.3 Å². The van der Waals surface area contributed by atoms with Crippen LogP contribution in [-0.2, 0) is 51.9 Å². The van der Waals surface area contributed by atoms with Crippen molar-refractivity contribution in [2.24, 2.45) is 94.7 Å². The van der Waals surface area contributed by atoms with Crippen LogP contribution in [0.3, 0.4) is 0 Å². The minimum absolute atomic E-state index is 0.0233. The highest BCUT2D eigenvalue weighted by atomic mass is 31.2. The predicted molar refractivity (Wildman–Crippen MR) is 326 cm³/mol. The number of phosphoric ester groups is 1. The summed E-state index contributed by atoms with van der Waals surface area (Å²) in [5, 5.41) is 37.9. The van der Waals surface area contributed by atoms with E-state index < -0.39 is 143 Å². The fourth-order valence-corrected chi connectivity index (χ4v) is 16.3. The van der Waals surface area contributed by atoms with Crippen LogP contribution in [0.15, 0.2) is 73.8 Å². The molecule has 18 N–H and O–H groups in total. The van der Waals surface area contributed by atoms with Crippen LogP contribution in [0.2, 0.25) is 0 Å². The molecule has 2 fully saturated rings. The molecule has 0 radical (unpaired) electrons. The Balaban J connectivity index is 1.20. The zero-order valence-electron chi connectivity index (χ0n) is 51.8. The van der Waals surface area contributed by atoms with Gasteiger partial charge in [0, 0.05) is 137 Å². The van der Waals surface area contributed by atoms with Crippen molar-refractivity contribution in [3.05, 3.63) is 58.8 Å². The Labute approximate surface area is 515 Å². The fraction of sp³-hybridized carbons (Fsp3) is 0.617. The molecule has 8 rings (SSSR count). The summed E-state index contributed by atoms with van der Waals surface area (Å²) in [5.41, 5.74) is 34.8. The minimum atomic E-state index is -5.09. The Morgan fingerprint density at radius 2 is 1.45 bits per heavy atom. The molecule has 0 saturated carbocycles. The standard InChI is InChI=1S/C60H86N13O15P/c1-28(87-89(84,85)88-51-39(26-74)86-55(50(51)83)73-27-68-37-20-31(75)10-14-38(37)73)25-67-47(82)18-19-57(6)35(21-44(64)79)54-60(9)59(8,24-46(66)81)34(13-17-43(63)78)49(72-60)30(3)53-58(7,23-45(65)80)32(11-15-41(61)76)36(69-53)22-40-56(4,5)33(12-16-42(62)77)48(70-40)29(2)52(57)71-54/h10,14,20,22,27-28,32-35,39,50-51,54-55,69,74-75,83H,11-13,15-19,21,23-26H2,1-9H3,(H2,61,76)(H2,62,77)(H2,63,78)(H2,64,79)(H2,65,80)(H2,66,81)(H,67,82)(H,84,85)/b36-22?,48-29?,53-30-/t28?,32-,33-,34-,35+,39-,50-,51-,54?,55+,57-,58+,59+,60+/m1/s1. The summed E-state index contributed by atoms with van der Waals surface area (Å²) < 4.78 is 31.9. The molecule has 8 bridgehead atoms. The van der Waals surface area contributed by atoms with Gasteiger partial charge in [0.1, 0.15) is 24.1 Å². The molecule has 6 aliphatic rings. The van der Waals surface area contributed by atoms with Crippen molar-refractivity contribution >= 4 is 77.3 Å². The summed E-state index contributed by atoms with van der Waals surface area (Å²) in [6, 6.07) is 3.27. The minimum Gasteiger partial charge on any atom is -0.508 e. The van der Waals surface area contributed by atoms with E-state index in [1.807, 2.05) is 61.5 Å². The summed E-state index contributed by atoms with van der Waals surface area (Å²) >= 11 is 0. The first-order valence-electron chi connectivity index (χ1n) is 29.9. The van der Waals surface area contributed by atoms with Crippen molar-refractivity contribution in [1.29, 1.82) is 0 Å². The van der Waals surface area contributed by atoms with Gasteiger partial charge in [-0.05, 0) is 82.7 Å². The highest BCUT2D eigenvalue weighted by Crippen LogP contribution is 2.63. The van der Waals surface area contributed by atoms with Crippen LogP contribution in [0.25, 0.3) is 11.0 Å². The van der Waals surface area contributed by atoms with E-state index in [0.717, 1.165) is 0 Å². The van der Waals surface area contributed by atoms with Crippen LogP contribution in [0.5, 0.6) is 5.75 Å². The van der Waals surface area contributed by atoms with Gasteiger partial charge in [-0.2, -0.15) is 0 Å². The molecule has 486 valence electrons. The number of benzene rings is 1. The number of rotatable bonds is 26. The quantitative estimate of drug-likeness (QED) is 0.0601. The number of phenolic OH excluding ortho intramolecular Hbond substituents is 1. The molecule has 6 aliphatic heterocycles. The van der Waals surface area contributed by atoms with Gasteiger partial charge in [-0.1, -0.05) is 34.6 Å². The van der Waals surface area contributed by atoms with Crippen LogP contribution in [0, 0.1) is 45.3 Å². The third-order valence-electron chi connectivity index (χ3n) is 20.0. The maximum Gasteiger partial charge on any atom is 0.472 e. The second-order valence-corrected chi connectivity index (χ2v) is 27.7. The molecule has 3 unspecified atom stereocenters. The molecule has 0 spiro atoms. The number of fused-ring (bicyclic) bond motifs is 7. The highest BCUT2D eigenvalue weighted by Gasteiger charge is 2.66. The maximum atomic E-state index is 14.3. The van der Waals surface area contributed by atoms with Crippen LogP contribution in [0.1, 0.15) is 139 Å². The summed E-state index contributed by atoms with van der Waals surface area (Å²) in [4.78, 5) is 125. The van der Waals surface area contributed by atoms with Crippen molar-refractivity contribution in [2.45, 2.75) is 175 Å². The number of imidazole rings is 1. The fourth-order valence-electron chi connectivity index (χ4n) is 15.2. The van der Waals surface area contributed by atoms with E-state index in [1.54, 1.807) is 0 Å². The molecule has 29 heteroatoms. The number of hydrogen-bond donors (Lipinski definition) is 12. The SMILES string of the molecule is CC1=C2N=C(C=C3N/C(=C(/C)C4=N[C@@](C)(C5N=C1[C@](C)(CCC(=O)NCC(C)OP(=O)(O)O[C@H]1[C@@H](O)[C@@H](n6cnc7cc(O)ccc76)O[C@@H]1CO)[C@H]5CC(N)=O)[C@@](C)(CC(N)=O)[C@@H]4CCC(N)=O)[C@@](C)(CC(N)=O)[C@@H]3CCC(N)=O)C(C)(C)[C@@H]2CCC(N)=O. The first-order valence-corrected chi connectivity index (χ1v) is 31.4. The van der Waals surface area contributed by atoms with Gasteiger partial charge in [-0.3, -0.25) is 57.6 Å². The van der Waals surface area contributed by atoms with E-state index in [-0.39, 0.29) is 82.9 Å². The van der Waals surface area contributed by atoms with Gasteiger partial charge in [0.25, 0.3) is 0 Å². The number of ether oxygens (including phenoxy) is 1. The lowest BCUT2D eigenvalue weighted by molar-refractivity contribution is -0.124. The average molecular weight is 1260 g/mol. The van der Waals surface area contributed by atoms with E-state index in [1.165, 1.54) is 36.0 Å². The molecule has 2 aromatic rings. The summed E-state index contributed by atoms with van der Waals surface area (Å²) in [7, 11) is -5.09. The summed E-state index contributed by atoms with van der Waals surface area (Å²) in [5.74, 6) is -7.31. The molecule has 7 heterocycles. The van der Waals surface area contributed by atoms with Crippen LogP contribution < -0.4 is 45.0 Å². The third kappa shape index (κ3) is 13.0. The number of carbonyl (C=O) groups is 7. The van der Waals surface area contributed by atoms with E-state index >= 15 is 0 Å². The molecule has 7 amide bonds. The van der Waals surface area contributed by atoms with Crippen molar-refractivity contribution in [1.82, 2.24) is 20.2 Å². The predicted octanol–water partition coefficient (Wildman–Crippen LogP) is 2.25. The number of nitrogens with zero attached hydrogens (tertiary/aromatic N) is 5. The first kappa shape index (κ1) is 67.7. The molecule has 1 aromatic carbocycles. The number of nitrogens with two attached hydrogens (primary N) is 6. The zero-order valence-corrected chi connectivity index (χ0v) is 52.7. The molecule has 1 aromatic heterocycles. The van der Waals surface area contributed by atoms with Gasteiger partial charge in [-0.15, -0.1) is 0 Å². The largest absolute Gasteiger partial charge is 0.508 e. The Hall–Kier alpha value is -7.20. The second-order valence-electron chi connectivity index (χ2n) is 26.3. The van der Waals surface area contributed by atoms with Gasteiger partial charge in [0.15, 0.2) is 6.23 Å². The van der Waals surface area contributed by atoms with Crippen LogP contribution in [-0.4, -0.2) is 137 Å². The van der Waals surface area contributed by atoms with Crippen molar-refractivity contribution in [3.63, 3.8) is 0 Å². The number of amides is 7. The first-order chi connectivity index (χ1) is 41.4. The number of hydrogen-bond acceptors (Lipinski definition) is 19. The molecular weight excluding hydrogens is 1170 g/mol. The van der Waals surface area contributed by atoms with Crippen molar-refractivity contribution in [2.75, 3.05) is 13.2 Å². The third-order valence-corrected chi connectivity index (χ3v) is 21.1. The van der Waals surface area contributed by atoms with Crippen LogP contribution >= 0.6 is 7.82 Å². The maximum absolute atomic E-state index is 14.3. The topological polar surface area (TPSA) is 480 Å². The molecule has 0 aliphatic carbocycles. The molecule has 28 nitrogen and oxygen atoms in total. The van der Waals surface area contributed by atoms with Gasteiger partial charge < -0.3 is 74.6 Å². The number of carbonyl (C=O) groups excluding carboxylic acids is 7. The van der Waals surface area contributed by atoms with Gasteiger partial charge >= 0.3 is 7.82 Å². The Morgan fingerprint density at radius 1 is 0.831 bits per heavy atom. The van der Waals surface area contributed by atoms with Crippen molar-refractivity contribution < 1.29 is 72.1 Å². The number of allylic oxidation sites excluding steroid dienone is 6. The lowest BCUT2D eigenvalue weighted by atomic mass is 9.55. The molecule has 89 heavy (non-hydrogen) atoms. The number of aliphatic imine (C=N–C) groups is 3. The highest BCUT2D eigenvalue weighted by molar-refractivity contribution is 7.47. The normalized spacial score (nSPS) is 33.1. The summed E-state index contributed by atoms with van der Waals surface area (Å²) in [6.45, 7) is 15.3. The monoisotopic (exact) mass is 1260 g/mol. The number of phosphoric acid groups is 1. The lowest BCUT2D eigenvalue weighted by Gasteiger charge is -2.48. The second kappa shape index (κ2) is 25.2. The Bertz CT molecular complexity index is 3480. The van der Waals surface area contributed by atoms with E-state index in [4.69, 9.17) is 63.2 Å². The van der Waals surface area contributed by atoms with Crippen molar-refractivity contribution in [3.8, 4) is 5.75 Å². The van der Waals surface area contributed by atoms with Gasteiger partial charge in [0.05, 0.1) is 41.7 Å². The Kier molecular flexibility index (Phi) is 19.2. The molecule has 2 saturated heterocycles. The summed E-state index contributed by atoms with van der Waals surface area (Å²) in [6.07, 6.45) is -4.72. The molecular formula is C60H86N13O15P.